The zero-order valence-electron chi connectivity index (χ0n) is 16.2. The highest BCUT2D eigenvalue weighted by molar-refractivity contribution is 6.30. The molecule has 3 aliphatic rings. The van der Waals surface area contributed by atoms with Crippen LogP contribution in [-0.2, 0) is 11.3 Å². The van der Waals surface area contributed by atoms with Gasteiger partial charge in [0.15, 0.2) is 0 Å². The van der Waals surface area contributed by atoms with Gasteiger partial charge >= 0.3 is 0 Å². The highest BCUT2D eigenvalue weighted by Gasteiger charge is 2.40. The number of nitrogens with zero attached hydrogens (tertiary/aromatic N) is 2. The smallest absolute Gasteiger partial charge is 0.256 e. The van der Waals surface area contributed by atoms with Crippen molar-refractivity contribution in [2.45, 2.75) is 32.1 Å². The van der Waals surface area contributed by atoms with Gasteiger partial charge in [-0.2, -0.15) is 0 Å². The number of hydrogen-bond acceptors (Lipinski definition) is 4. The summed E-state index contributed by atoms with van der Waals surface area (Å²) in [7, 11) is 0. The molecule has 5 nitrogen and oxygen atoms in total. The van der Waals surface area contributed by atoms with Crippen molar-refractivity contribution in [1.29, 1.82) is 0 Å². The summed E-state index contributed by atoms with van der Waals surface area (Å²) in [5, 5.41) is 6.10. The van der Waals surface area contributed by atoms with Crippen LogP contribution < -0.4 is 5.32 Å². The minimum Gasteiger partial charge on any atom is -0.381 e. The Morgan fingerprint density at radius 2 is 2.03 bits per heavy atom. The Morgan fingerprint density at radius 1 is 1.24 bits per heavy atom. The fourth-order valence-electron chi connectivity index (χ4n) is 4.29. The predicted octanol–water partition coefficient (Wildman–Crippen LogP) is 4.42. The molecule has 0 saturated carbocycles. The van der Waals surface area contributed by atoms with Crippen LogP contribution in [0, 0.1) is 6.92 Å². The average molecular weight is 408 g/mol. The summed E-state index contributed by atoms with van der Waals surface area (Å²) < 4.78 is 5.68. The molecular weight excluding hydrogens is 386 g/mol. The van der Waals surface area contributed by atoms with E-state index >= 15 is 0 Å². The maximum absolute atomic E-state index is 13.3. The number of nitrogens with one attached hydrogen (secondary N) is 1. The number of aryl methyl sites for hydroxylation is 1. The third-order valence-corrected chi connectivity index (χ3v) is 6.05. The number of halogens is 1. The molecule has 6 rings (SSSR count). The Labute approximate surface area is 174 Å². The van der Waals surface area contributed by atoms with Crippen LogP contribution in [0.5, 0.6) is 0 Å². The maximum Gasteiger partial charge on any atom is 0.256 e. The fraction of sp³-hybridized carbons (Fsp3) is 0.304. The molecule has 2 bridgehead atoms. The molecule has 4 heterocycles. The van der Waals surface area contributed by atoms with E-state index in [1.54, 1.807) is 6.20 Å². The first-order valence-electron chi connectivity index (χ1n) is 9.89. The molecule has 1 N–H and O–H groups in total. The second-order valence-electron chi connectivity index (χ2n) is 7.84. The molecule has 2 aromatic carbocycles. The van der Waals surface area contributed by atoms with Gasteiger partial charge in [-0.3, -0.25) is 9.78 Å². The Bertz CT molecular complexity index is 1080. The molecule has 29 heavy (non-hydrogen) atoms. The summed E-state index contributed by atoms with van der Waals surface area (Å²) in [5.74, 6) is 0.0347. The van der Waals surface area contributed by atoms with Crippen LogP contribution in [0.1, 0.15) is 27.9 Å². The number of carbonyl (C=O) groups is 1. The van der Waals surface area contributed by atoms with Gasteiger partial charge in [-0.15, -0.1) is 0 Å². The topological polar surface area (TPSA) is 54.5 Å². The fourth-order valence-corrected chi connectivity index (χ4v) is 4.46. The summed E-state index contributed by atoms with van der Waals surface area (Å²) in [6.45, 7) is 3.96. The van der Waals surface area contributed by atoms with E-state index in [1.165, 1.54) is 0 Å². The largest absolute Gasteiger partial charge is 0.381 e. The van der Waals surface area contributed by atoms with Crippen LogP contribution in [0.2, 0.25) is 5.02 Å². The van der Waals surface area contributed by atoms with E-state index in [1.807, 2.05) is 48.4 Å². The lowest BCUT2D eigenvalue weighted by molar-refractivity contribution is -0.171. The normalized spacial score (nSPS) is 20.4. The third-order valence-electron chi connectivity index (χ3n) is 5.81. The zero-order valence-corrected chi connectivity index (χ0v) is 16.9. The van der Waals surface area contributed by atoms with Crippen molar-refractivity contribution in [3.8, 4) is 0 Å². The molecule has 3 aromatic rings. The molecule has 3 saturated heterocycles. The van der Waals surface area contributed by atoms with Crippen molar-refractivity contribution in [2.24, 2.45) is 0 Å². The van der Waals surface area contributed by atoms with Crippen molar-refractivity contribution in [1.82, 2.24) is 9.88 Å². The molecule has 0 spiro atoms. The molecule has 1 amide bonds. The number of benzene rings is 2. The van der Waals surface area contributed by atoms with E-state index in [0.29, 0.717) is 30.2 Å². The summed E-state index contributed by atoms with van der Waals surface area (Å²) >= 11 is 6.15. The van der Waals surface area contributed by atoms with Crippen LogP contribution in [0.15, 0.2) is 48.8 Å². The number of rotatable bonds is 4. The molecule has 3 aliphatic heterocycles. The highest BCUT2D eigenvalue weighted by atomic mass is 35.5. The average Bonchev–Trinajstić information content (AvgIpc) is 2.73. The van der Waals surface area contributed by atoms with Gasteiger partial charge in [0.25, 0.3) is 5.91 Å². The molecule has 2 unspecified atom stereocenters. The van der Waals surface area contributed by atoms with Crippen LogP contribution >= 0.6 is 11.6 Å². The number of pyridine rings is 1. The van der Waals surface area contributed by atoms with Crippen molar-refractivity contribution >= 4 is 34.0 Å². The quantitative estimate of drug-likeness (QED) is 0.695. The summed E-state index contributed by atoms with van der Waals surface area (Å²) in [4.78, 5) is 19.5. The van der Waals surface area contributed by atoms with Gasteiger partial charge in [0.2, 0.25) is 0 Å². The molecule has 2 atom stereocenters. The molecule has 0 aliphatic carbocycles. The second kappa shape index (κ2) is 7.32. The van der Waals surface area contributed by atoms with Gasteiger partial charge in [0, 0.05) is 59.9 Å². The van der Waals surface area contributed by atoms with Crippen molar-refractivity contribution in [3.05, 3.63) is 70.5 Å². The summed E-state index contributed by atoms with van der Waals surface area (Å²) in [6.07, 6.45) is 4.95. The van der Waals surface area contributed by atoms with E-state index in [0.717, 1.165) is 34.0 Å². The first kappa shape index (κ1) is 18.4. The first-order valence-corrected chi connectivity index (χ1v) is 10.3. The first-order chi connectivity index (χ1) is 14.1. The lowest BCUT2D eigenvalue weighted by Crippen LogP contribution is -2.58. The maximum atomic E-state index is 13.3. The van der Waals surface area contributed by atoms with Crippen LogP contribution in [0.3, 0.4) is 0 Å². The number of fused-ring (bicyclic) bond motifs is 3. The molecule has 1 aromatic heterocycles. The Balaban J connectivity index is 1.47. The number of carbonyl (C=O) groups excluding carboxylic acids is 1. The van der Waals surface area contributed by atoms with Crippen LogP contribution in [0.25, 0.3) is 10.8 Å². The summed E-state index contributed by atoms with van der Waals surface area (Å²) in [6, 6.07) is 11.9. The van der Waals surface area contributed by atoms with E-state index in [4.69, 9.17) is 16.3 Å². The van der Waals surface area contributed by atoms with Gasteiger partial charge in [0.1, 0.15) is 0 Å². The monoisotopic (exact) mass is 407 g/mol. The van der Waals surface area contributed by atoms with Crippen LogP contribution in [-0.4, -0.2) is 41.1 Å². The van der Waals surface area contributed by atoms with E-state index in [-0.39, 0.29) is 18.1 Å². The number of piperidine rings is 1. The number of ether oxygens (including phenoxy) is 1. The highest BCUT2D eigenvalue weighted by Crippen LogP contribution is 2.31. The Morgan fingerprint density at radius 3 is 2.83 bits per heavy atom. The number of morpholine rings is 1. The van der Waals surface area contributed by atoms with Crippen LogP contribution in [0.4, 0.5) is 5.69 Å². The van der Waals surface area contributed by atoms with Crippen molar-refractivity contribution in [3.63, 3.8) is 0 Å². The minimum absolute atomic E-state index is 0.0347. The third kappa shape index (κ3) is 3.45. The van der Waals surface area contributed by atoms with E-state index in [9.17, 15) is 4.79 Å². The van der Waals surface area contributed by atoms with Gasteiger partial charge < -0.3 is 15.0 Å². The number of aromatic nitrogens is 1. The Hall–Kier alpha value is -2.63. The second-order valence-corrected chi connectivity index (χ2v) is 8.28. The van der Waals surface area contributed by atoms with Crippen molar-refractivity contribution < 1.29 is 9.53 Å². The van der Waals surface area contributed by atoms with Crippen molar-refractivity contribution in [2.75, 3.05) is 18.4 Å². The molecule has 148 valence electrons. The lowest BCUT2D eigenvalue weighted by Gasteiger charge is -2.47. The zero-order chi connectivity index (χ0) is 20.0. The van der Waals surface area contributed by atoms with Gasteiger partial charge in [-0.1, -0.05) is 35.9 Å². The molecule has 6 heteroatoms. The van der Waals surface area contributed by atoms with Gasteiger partial charge in [0.05, 0.1) is 17.8 Å². The van der Waals surface area contributed by atoms with E-state index in [2.05, 4.69) is 16.4 Å². The Kier molecular flexibility index (Phi) is 4.64. The standard InChI is InChI=1S/C23H22ClN3O2/c1-14-5-6-17(24)7-21(14)26-10-16-4-2-3-15-9-25-11-20(22(15)16)23(28)27-12-18-8-19(13-27)29-18/h2-7,9,11,18-19,26H,8,10,12-13H2,1H3. The number of amides is 1. The number of anilines is 1. The molecule has 3 fully saturated rings. The lowest BCUT2D eigenvalue weighted by atomic mass is 9.96. The number of hydrogen-bond donors (Lipinski definition) is 1. The van der Waals surface area contributed by atoms with Gasteiger partial charge in [-0.05, 0) is 30.2 Å². The molecule has 0 radical (unpaired) electrons. The van der Waals surface area contributed by atoms with E-state index < -0.39 is 0 Å². The summed E-state index contributed by atoms with van der Waals surface area (Å²) in [5.41, 5.74) is 3.83. The predicted molar refractivity (Wildman–Crippen MR) is 114 cm³/mol. The van der Waals surface area contributed by atoms with Gasteiger partial charge in [-0.25, -0.2) is 0 Å². The molecular formula is C23H22ClN3O2. The minimum atomic E-state index is 0.0347. The SMILES string of the molecule is Cc1ccc(Cl)cc1NCc1cccc2cncc(C(=O)N3CC4CC(C3)O4)c12.